The molecule has 2 heterocycles. The van der Waals surface area contributed by atoms with E-state index in [1.807, 2.05) is 24.4 Å². The van der Waals surface area contributed by atoms with Crippen LogP contribution in [0.4, 0.5) is 10.8 Å². The van der Waals surface area contributed by atoms with Crippen LogP contribution in [0.25, 0.3) is 0 Å². The van der Waals surface area contributed by atoms with E-state index in [1.54, 1.807) is 23.1 Å². The molecule has 2 aromatic heterocycles. The molecule has 0 aliphatic heterocycles. The molecule has 1 aromatic carbocycles. The molecule has 0 atom stereocenters. The predicted molar refractivity (Wildman–Crippen MR) is 97.8 cm³/mol. The van der Waals surface area contributed by atoms with Crippen LogP contribution in [0.15, 0.2) is 46.9 Å². The van der Waals surface area contributed by atoms with Crippen molar-refractivity contribution in [3.63, 3.8) is 0 Å². The molecule has 0 spiro atoms. The number of thioether (sulfide) groups is 1. The van der Waals surface area contributed by atoms with Crippen molar-refractivity contribution in [1.82, 2.24) is 15.2 Å². The van der Waals surface area contributed by atoms with E-state index in [2.05, 4.69) is 52.5 Å². The van der Waals surface area contributed by atoms with Gasteiger partial charge < -0.3 is 5.32 Å². The van der Waals surface area contributed by atoms with E-state index >= 15 is 0 Å². The largest absolute Gasteiger partial charge is 0.330 e. The molecular weight excluding hydrogens is 324 g/mol. The van der Waals surface area contributed by atoms with Gasteiger partial charge in [-0.15, -0.1) is 10.2 Å². The molecule has 0 saturated heterocycles. The van der Waals surface area contributed by atoms with Crippen molar-refractivity contribution >= 4 is 33.9 Å². The molecule has 118 valence electrons. The number of nitrogens with one attached hydrogen (secondary N) is 1. The molecule has 0 bridgehead atoms. The fourth-order valence-electron chi connectivity index (χ4n) is 2.05. The van der Waals surface area contributed by atoms with Crippen LogP contribution in [-0.2, 0) is 6.42 Å². The zero-order chi connectivity index (χ0) is 16.1. The van der Waals surface area contributed by atoms with Gasteiger partial charge in [0.25, 0.3) is 0 Å². The van der Waals surface area contributed by atoms with Gasteiger partial charge in [0.1, 0.15) is 0 Å². The third-order valence-corrected chi connectivity index (χ3v) is 5.45. The number of hydrogen-bond donors (Lipinski definition) is 1. The number of hydrogen-bond acceptors (Lipinski definition) is 6. The number of rotatable bonds is 6. The highest BCUT2D eigenvalue weighted by Gasteiger charge is 2.06. The Morgan fingerprint density at radius 1 is 1.09 bits per heavy atom. The van der Waals surface area contributed by atoms with E-state index in [0.717, 1.165) is 33.0 Å². The zero-order valence-electron chi connectivity index (χ0n) is 13.1. The molecule has 6 heteroatoms. The van der Waals surface area contributed by atoms with Gasteiger partial charge in [0.15, 0.2) is 4.34 Å². The Kier molecular flexibility index (Phi) is 5.25. The van der Waals surface area contributed by atoms with Crippen LogP contribution in [0.3, 0.4) is 0 Å². The summed E-state index contributed by atoms with van der Waals surface area (Å²) in [5.41, 5.74) is 4.72. The standard InChI is InChI=1S/C17H18N4S2/c1-12-6-7-15(11-13(12)2)19-16-20-21-17(23-16)22-10-8-14-5-3-4-9-18-14/h3-7,9,11H,8,10H2,1-2H3,(H,19,20). The number of benzene rings is 1. The van der Waals surface area contributed by atoms with Crippen molar-refractivity contribution in [3.05, 3.63) is 59.4 Å². The maximum atomic E-state index is 4.33. The molecule has 0 radical (unpaired) electrons. The van der Waals surface area contributed by atoms with Gasteiger partial charge in [-0.25, -0.2) is 0 Å². The molecule has 3 rings (SSSR count). The minimum Gasteiger partial charge on any atom is -0.330 e. The number of anilines is 2. The molecule has 1 N–H and O–H groups in total. The van der Waals surface area contributed by atoms with Gasteiger partial charge in [0.2, 0.25) is 5.13 Å². The summed E-state index contributed by atoms with van der Waals surface area (Å²) in [6.45, 7) is 4.22. The molecular formula is C17H18N4S2. The minimum atomic E-state index is 0.827. The quantitative estimate of drug-likeness (QED) is 0.662. The van der Waals surface area contributed by atoms with Gasteiger partial charge in [-0.1, -0.05) is 35.2 Å². The Labute approximate surface area is 144 Å². The normalized spacial score (nSPS) is 10.7. The molecule has 0 aliphatic rings. The number of pyridine rings is 1. The van der Waals surface area contributed by atoms with E-state index < -0.39 is 0 Å². The van der Waals surface area contributed by atoms with E-state index in [9.17, 15) is 0 Å². The van der Waals surface area contributed by atoms with Crippen LogP contribution in [0.5, 0.6) is 0 Å². The summed E-state index contributed by atoms with van der Waals surface area (Å²) in [6.07, 6.45) is 2.77. The van der Waals surface area contributed by atoms with E-state index in [0.29, 0.717) is 0 Å². The van der Waals surface area contributed by atoms with E-state index in [-0.39, 0.29) is 0 Å². The van der Waals surface area contributed by atoms with Crippen molar-refractivity contribution in [1.29, 1.82) is 0 Å². The van der Waals surface area contributed by atoms with Gasteiger partial charge in [0, 0.05) is 23.3 Å². The van der Waals surface area contributed by atoms with Gasteiger partial charge in [0.05, 0.1) is 0 Å². The lowest BCUT2D eigenvalue weighted by Gasteiger charge is -2.05. The molecule has 3 aromatic rings. The highest BCUT2D eigenvalue weighted by Crippen LogP contribution is 2.28. The second-order valence-corrected chi connectivity index (χ2v) is 7.54. The lowest BCUT2D eigenvalue weighted by molar-refractivity contribution is 1.00. The Morgan fingerprint density at radius 3 is 2.78 bits per heavy atom. The molecule has 0 unspecified atom stereocenters. The topological polar surface area (TPSA) is 50.7 Å². The lowest BCUT2D eigenvalue weighted by atomic mass is 10.1. The first-order valence-electron chi connectivity index (χ1n) is 7.41. The average Bonchev–Trinajstić information content (AvgIpc) is 2.99. The Bertz CT molecular complexity index is 771. The number of nitrogens with zero attached hydrogens (tertiary/aromatic N) is 3. The minimum absolute atomic E-state index is 0.827. The monoisotopic (exact) mass is 342 g/mol. The first-order chi connectivity index (χ1) is 11.2. The van der Waals surface area contributed by atoms with Crippen LogP contribution in [0, 0.1) is 13.8 Å². The van der Waals surface area contributed by atoms with Crippen LogP contribution in [0.2, 0.25) is 0 Å². The summed E-state index contributed by atoms with van der Waals surface area (Å²) in [4.78, 5) is 4.33. The molecule has 23 heavy (non-hydrogen) atoms. The summed E-state index contributed by atoms with van der Waals surface area (Å²) < 4.78 is 0.979. The Morgan fingerprint density at radius 2 is 2.00 bits per heavy atom. The van der Waals surface area contributed by atoms with Crippen LogP contribution in [-0.4, -0.2) is 20.9 Å². The summed E-state index contributed by atoms with van der Waals surface area (Å²) in [7, 11) is 0. The average molecular weight is 342 g/mol. The number of aromatic nitrogens is 3. The SMILES string of the molecule is Cc1ccc(Nc2nnc(SCCc3ccccn3)s2)cc1C. The van der Waals surface area contributed by atoms with Gasteiger partial charge in [-0.2, -0.15) is 0 Å². The van der Waals surface area contributed by atoms with Crippen LogP contribution >= 0.6 is 23.1 Å². The third kappa shape index (κ3) is 4.53. The van der Waals surface area contributed by atoms with Crippen molar-refractivity contribution in [2.75, 3.05) is 11.1 Å². The van der Waals surface area contributed by atoms with Gasteiger partial charge in [-0.3, -0.25) is 4.98 Å². The second kappa shape index (κ2) is 7.57. The predicted octanol–water partition coefficient (Wildman–Crippen LogP) is 4.63. The zero-order valence-corrected chi connectivity index (χ0v) is 14.7. The van der Waals surface area contributed by atoms with Gasteiger partial charge >= 0.3 is 0 Å². The Hall–Kier alpha value is -1.92. The van der Waals surface area contributed by atoms with Crippen molar-refractivity contribution < 1.29 is 0 Å². The van der Waals surface area contributed by atoms with Gasteiger partial charge in [-0.05, 0) is 55.7 Å². The van der Waals surface area contributed by atoms with Crippen molar-refractivity contribution in [3.8, 4) is 0 Å². The molecule has 0 amide bonds. The maximum absolute atomic E-state index is 4.33. The smallest absolute Gasteiger partial charge is 0.210 e. The highest BCUT2D eigenvalue weighted by atomic mass is 32.2. The summed E-state index contributed by atoms with van der Waals surface area (Å²) in [6, 6.07) is 12.3. The lowest BCUT2D eigenvalue weighted by Crippen LogP contribution is -1.91. The van der Waals surface area contributed by atoms with Crippen molar-refractivity contribution in [2.24, 2.45) is 0 Å². The first-order valence-corrected chi connectivity index (χ1v) is 9.21. The van der Waals surface area contributed by atoms with Crippen LogP contribution < -0.4 is 5.32 Å². The molecule has 0 aliphatic carbocycles. The van der Waals surface area contributed by atoms with Crippen LogP contribution in [0.1, 0.15) is 16.8 Å². The summed E-state index contributed by atoms with van der Waals surface area (Å²) >= 11 is 3.30. The fraction of sp³-hybridized carbons (Fsp3) is 0.235. The van der Waals surface area contributed by atoms with Crippen molar-refractivity contribution in [2.45, 2.75) is 24.6 Å². The Balaban J connectivity index is 1.54. The second-order valence-electron chi connectivity index (χ2n) is 5.22. The summed E-state index contributed by atoms with van der Waals surface area (Å²) in [5.74, 6) is 0.954. The summed E-state index contributed by atoms with van der Waals surface area (Å²) in [5, 5.41) is 12.6. The fourth-order valence-corrected chi connectivity index (χ4v) is 3.85. The third-order valence-electron chi connectivity index (χ3n) is 3.47. The number of aryl methyl sites for hydroxylation is 3. The van der Waals surface area contributed by atoms with E-state index in [4.69, 9.17) is 0 Å². The first kappa shape index (κ1) is 16.0. The molecule has 4 nitrogen and oxygen atoms in total. The van der Waals surface area contributed by atoms with E-state index in [1.165, 1.54) is 11.1 Å². The highest BCUT2D eigenvalue weighted by molar-refractivity contribution is 8.01. The maximum Gasteiger partial charge on any atom is 0.210 e. The molecule has 0 saturated carbocycles. The molecule has 0 fully saturated rings.